The molecule has 1 N–H and O–H groups in total. The van der Waals surface area contributed by atoms with Gasteiger partial charge in [-0.05, 0) is 80.0 Å². The fourth-order valence-corrected chi connectivity index (χ4v) is 8.11. The molecule has 26 heavy (non-hydrogen) atoms. The van der Waals surface area contributed by atoms with Gasteiger partial charge in [-0.3, -0.25) is 4.55 Å². The summed E-state index contributed by atoms with van der Waals surface area (Å²) in [6.07, 6.45) is -10.1. The Morgan fingerprint density at radius 2 is 1.35 bits per heavy atom. The minimum atomic E-state index is -6.43. The van der Waals surface area contributed by atoms with Crippen molar-refractivity contribution >= 4 is 10.1 Å². The summed E-state index contributed by atoms with van der Waals surface area (Å²) in [5, 5.41) is 0. The molecule has 0 aliphatic heterocycles. The zero-order valence-electron chi connectivity index (χ0n) is 13.7. The minimum absolute atomic E-state index is 0.0888. The number of hydrogen-bond donors (Lipinski definition) is 1. The fourth-order valence-electron chi connectivity index (χ4n) is 7.10. The van der Waals surface area contributed by atoms with Crippen molar-refractivity contribution in [3.05, 3.63) is 0 Å². The molecule has 4 saturated carbocycles. The average molecular weight is 406 g/mol. The zero-order chi connectivity index (χ0) is 19.3. The second-order valence-corrected chi connectivity index (χ2v) is 10.3. The van der Waals surface area contributed by atoms with Crippen molar-refractivity contribution in [2.75, 3.05) is 0 Å². The molecule has 3 nitrogen and oxygen atoms in total. The van der Waals surface area contributed by atoms with Crippen LogP contribution >= 0.6 is 0 Å². The van der Waals surface area contributed by atoms with Gasteiger partial charge in [-0.25, -0.2) is 0 Å². The van der Waals surface area contributed by atoms with Gasteiger partial charge in [0.05, 0.1) is 0 Å². The van der Waals surface area contributed by atoms with E-state index in [1.165, 1.54) is 0 Å². The Kier molecular flexibility index (Phi) is 3.84. The van der Waals surface area contributed by atoms with Gasteiger partial charge >= 0.3 is 12.4 Å². The van der Waals surface area contributed by atoms with Crippen LogP contribution in [0, 0.1) is 41.4 Å². The lowest BCUT2D eigenvalue weighted by Gasteiger charge is -2.42. The maximum Gasteiger partial charge on any atom is 0.419 e. The van der Waals surface area contributed by atoms with Crippen LogP contribution in [0.25, 0.3) is 0 Å². The highest BCUT2D eigenvalue weighted by Gasteiger charge is 2.79. The third-order valence-corrected chi connectivity index (χ3v) is 9.29. The van der Waals surface area contributed by atoms with Gasteiger partial charge < -0.3 is 0 Å². The third-order valence-electron chi connectivity index (χ3n) is 7.78. The molecule has 4 fully saturated rings. The van der Waals surface area contributed by atoms with Crippen molar-refractivity contribution in [1.29, 1.82) is 0 Å². The highest BCUT2D eigenvalue weighted by molar-refractivity contribution is 7.87. The van der Waals surface area contributed by atoms with Crippen LogP contribution in [0.2, 0.25) is 0 Å². The third kappa shape index (κ3) is 2.26. The van der Waals surface area contributed by atoms with Gasteiger partial charge in [-0.2, -0.15) is 34.8 Å². The Morgan fingerprint density at radius 1 is 0.808 bits per heavy atom. The molecule has 10 heteroatoms. The van der Waals surface area contributed by atoms with Crippen molar-refractivity contribution in [3.8, 4) is 0 Å². The predicted molar refractivity (Wildman–Crippen MR) is 78.5 cm³/mol. The molecule has 7 unspecified atom stereocenters. The van der Waals surface area contributed by atoms with Crippen LogP contribution < -0.4 is 0 Å². The summed E-state index contributed by atoms with van der Waals surface area (Å²) >= 11 is 0. The highest BCUT2D eigenvalue weighted by atomic mass is 32.2. The summed E-state index contributed by atoms with van der Waals surface area (Å²) in [6.45, 7) is 0. The van der Waals surface area contributed by atoms with E-state index in [0.717, 1.165) is 19.3 Å². The summed E-state index contributed by atoms with van der Waals surface area (Å²) in [4.78, 5) is 0. The average Bonchev–Trinajstić information content (AvgIpc) is 3.18. The number of rotatable bonds is 3. The number of alkyl halides is 6. The SMILES string of the molecule is O=S(=O)(O)C(CC1CC2CC1C1C3CCC(C3)C21)(C(F)(F)F)C(F)(F)F. The molecule has 150 valence electrons. The van der Waals surface area contributed by atoms with Gasteiger partial charge in [-0.1, -0.05) is 0 Å². The fraction of sp³-hybridized carbons (Fsp3) is 1.00. The van der Waals surface area contributed by atoms with Crippen molar-refractivity contribution in [2.45, 2.75) is 55.6 Å². The van der Waals surface area contributed by atoms with E-state index in [9.17, 15) is 34.8 Å². The van der Waals surface area contributed by atoms with Crippen LogP contribution in [0.3, 0.4) is 0 Å². The first-order valence-electron chi connectivity index (χ1n) is 8.88. The number of halogens is 6. The normalized spacial score (nSPS) is 42.5. The maximum absolute atomic E-state index is 13.4. The predicted octanol–water partition coefficient (Wildman–Crippen LogP) is 4.45. The molecule has 0 heterocycles. The van der Waals surface area contributed by atoms with E-state index in [2.05, 4.69) is 0 Å². The number of hydrogen-bond acceptors (Lipinski definition) is 2. The van der Waals surface area contributed by atoms with E-state index in [4.69, 9.17) is 4.55 Å². The van der Waals surface area contributed by atoms with E-state index < -0.39 is 39.6 Å². The molecular formula is C16H20F6O3S. The Hall–Kier alpha value is -0.510. The molecule has 0 spiro atoms. The smallest absolute Gasteiger partial charge is 0.285 e. The Balaban J connectivity index is 1.68. The summed E-state index contributed by atoms with van der Waals surface area (Å²) in [5.74, 6) is 0.185. The summed E-state index contributed by atoms with van der Waals surface area (Å²) < 4.78 is 107. The first-order chi connectivity index (χ1) is 11.8. The lowest BCUT2D eigenvalue weighted by atomic mass is 9.66. The topological polar surface area (TPSA) is 54.4 Å². The van der Waals surface area contributed by atoms with Crippen LogP contribution in [0.5, 0.6) is 0 Å². The molecule has 4 aliphatic carbocycles. The van der Waals surface area contributed by atoms with E-state index in [1.807, 2.05) is 0 Å². The number of fused-ring (bicyclic) bond motifs is 9. The zero-order valence-corrected chi connectivity index (χ0v) is 14.5. The Bertz CT molecular complexity index is 686. The molecule has 7 atom stereocenters. The van der Waals surface area contributed by atoms with Crippen LogP contribution in [0.1, 0.15) is 38.5 Å². The first kappa shape index (κ1) is 18.8. The van der Waals surface area contributed by atoms with Gasteiger partial charge in [-0.15, -0.1) is 0 Å². The van der Waals surface area contributed by atoms with E-state index >= 15 is 0 Å². The van der Waals surface area contributed by atoms with Crippen molar-refractivity contribution in [3.63, 3.8) is 0 Å². The van der Waals surface area contributed by atoms with Gasteiger partial charge in [0.1, 0.15) is 0 Å². The van der Waals surface area contributed by atoms with E-state index in [0.29, 0.717) is 24.2 Å². The largest absolute Gasteiger partial charge is 0.419 e. The monoisotopic (exact) mass is 406 g/mol. The second kappa shape index (κ2) is 5.30. The Labute approximate surface area is 147 Å². The molecule has 4 aliphatic rings. The van der Waals surface area contributed by atoms with Crippen molar-refractivity contribution in [2.24, 2.45) is 41.4 Å². The first-order valence-corrected chi connectivity index (χ1v) is 10.3. The van der Waals surface area contributed by atoms with Crippen LogP contribution in [0.4, 0.5) is 26.3 Å². The molecule has 4 bridgehead atoms. The molecular weight excluding hydrogens is 386 g/mol. The van der Waals surface area contributed by atoms with Crippen LogP contribution in [-0.2, 0) is 10.1 Å². The highest BCUT2D eigenvalue weighted by Crippen LogP contribution is 2.70. The molecule has 0 aromatic carbocycles. The minimum Gasteiger partial charge on any atom is -0.285 e. The molecule has 0 radical (unpaired) electrons. The maximum atomic E-state index is 13.4. The van der Waals surface area contributed by atoms with Gasteiger partial charge in [0.2, 0.25) is 0 Å². The summed E-state index contributed by atoms with van der Waals surface area (Å²) in [6, 6.07) is 0. The molecule has 0 aromatic rings. The van der Waals surface area contributed by atoms with Crippen molar-refractivity contribution in [1.82, 2.24) is 0 Å². The summed E-state index contributed by atoms with van der Waals surface area (Å²) in [5.41, 5.74) is 0. The summed E-state index contributed by atoms with van der Waals surface area (Å²) in [7, 11) is -6.43. The quantitative estimate of drug-likeness (QED) is 0.428. The van der Waals surface area contributed by atoms with Gasteiger partial charge in [0.25, 0.3) is 14.9 Å². The van der Waals surface area contributed by atoms with Crippen LogP contribution in [0.15, 0.2) is 0 Å². The molecule has 0 saturated heterocycles. The van der Waals surface area contributed by atoms with E-state index in [-0.39, 0.29) is 24.2 Å². The molecule has 4 rings (SSSR count). The van der Waals surface area contributed by atoms with E-state index in [1.54, 1.807) is 0 Å². The Morgan fingerprint density at radius 3 is 1.85 bits per heavy atom. The van der Waals surface area contributed by atoms with Crippen LogP contribution in [-0.4, -0.2) is 30.1 Å². The lowest BCUT2D eigenvalue weighted by molar-refractivity contribution is -0.274. The molecule has 0 aromatic heterocycles. The molecule has 0 amide bonds. The second-order valence-electron chi connectivity index (χ2n) is 8.65. The van der Waals surface area contributed by atoms with Gasteiger partial charge in [0, 0.05) is 0 Å². The van der Waals surface area contributed by atoms with Crippen molar-refractivity contribution < 1.29 is 39.3 Å². The van der Waals surface area contributed by atoms with Gasteiger partial charge in [0.15, 0.2) is 0 Å². The standard InChI is InChI=1S/C16H20F6O3S/c17-15(18,19)14(16(20,21)22,26(23,24)25)6-10-4-9-5-11(10)13-8-2-1-7(3-8)12(9)13/h7-13H,1-6H2,(H,23,24,25). The lowest BCUT2D eigenvalue weighted by Crippen LogP contribution is -2.63.